The zero-order valence-electron chi connectivity index (χ0n) is 12.6. The fourth-order valence-electron chi connectivity index (χ4n) is 1.94. The maximum absolute atomic E-state index is 12.2. The molecule has 0 radical (unpaired) electrons. The molecule has 0 saturated heterocycles. The minimum absolute atomic E-state index is 0.0916. The number of Topliss-reactive ketones (excluding diaryl/α,β-unsaturated/α-hetero) is 1. The normalized spacial score (nSPS) is 11.8. The summed E-state index contributed by atoms with van der Waals surface area (Å²) < 4.78 is 0. The van der Waals surface area contributed by atoms with Crippen molar-refractivity contribution in [2.24, 2.45) is 5.92 Å². The van der Waals surface area contributed by atoms with Crippen molar-refractivity contribution in [1.82, 2.24) is 0 Å². The summed E-state index contributed by atoms with van der Waals surface area (Å²) in [6.45, 7) is 5.00. The number of nitrogens with zero attached hydrogens (tertiary/aromatic N) is 1. The van der Waals surface area contributed by atoms with E-state index in [0.29, 0.717) is 24.1 Å². The van der Waals surface area contributed by atoms with E-state index in [2.05, 4.69) is 0 Å². The van der Waals surface area contributed by atoms with Gasteiger partial charge < -0.3 is 10.0 Å². The van der Waals surface area contributed by atoms with E-state index in [1.54, 1.807) is 31.2 Å². The third-order valence-corrected chi connectivity index (χ3v) is 3.21. The first-order valence-electron chi connectivity index (χ1n) is 7.01. The van der Waals surface area contributed by atoms with E-state index in [4.69, 9.17) is 5.11 Å². The van der Waals surface area contributed by atoms with Gasteiger partial charge in [0, 0.05) is 24.2 Å². The van der Waals surface area contributed by atoms with Gasteiger partial charge >= 0.3 is 5.97 Å². The summed E-state index contributed by atoms with van der Waals surface area (Å²) in [4.78, 5) is 36.2. The number of rotatable bonds is 7. The summed E-state index contributed by atoms with van der Waals surface area (Å²) in [6.07, 6.45) is 1.03. The van der Waals surface area contributed by atoms with Crippen LogP contribution < -0.4 is 4.90 Å². The maximum atomic E-state index is 12.2. The van der Waals surface area contributed by atoms with Crippen LogP contribution in [-0.2, 0) is 9.59 Å². The van der Waals surface area contributed by atoms with Crippen LogP contribution in [0.2, 0.25) is 0 Å². The highest BCUT2D eigenvalue weighted by molar-refractivity contribution is 5.98. The molecule has 0 aliphatic heterocycles. The molecule has 21 heavy (non-hydrogen) atoms. The zero-order chi connectivity index (χ0) is 16.0. The molecule has 1 rings (SSSR count). The SMILES string of the molecule is CCCC(=O)N(CC(C)C(=O)O)c1cccc(C(C)=O)c1. The molecule has 1 atom stereocenters. The second kappa shape index (κ2) is 7.57. The first kappa shape index (κ1) is 16.9. The Balaban J connectivity index is 3.10. The van der Waals surface area contributed by atoms with Crippen molar-refractivity contribution in [3.05, 3.63) is 29.8 Å². The number of hydrogen-bond donors (Lipinski definition) is 1. The molecule has 5 nitrogen and oxygen atoms in total. The van der Waals surface area contributed by atoms with Gasteiger partial charge in [-0.3, -0.25) is 14.4 Å². The summed E-state index contributed by atoms with van der Waals surface area (Å²) in [6, 6.07) is 6.72. The topological polar surface area (TPSA) is 74.7 Å². The van der Waals surface area contributed by atoms with E-state index in [1.165, 1.54) is 11.8 Å². The Bertz CT molecular complexity index is 539. The molecule has 1 N–H and O–H groups in total. The van der Waals surface area contributed by atoms with Crippen molar-refractivity contribution < 1.29 is 19.5 Å². The molecular formula is C16H21NO4. The number of carbonyl (C=O) groups is 3. The van der Waals surface area contributed by atoms with Gasteiger partial charge in [0.25, 0.3) is 0 Å². The number of ketones is 1. The molecule has 1 unspecified atom stereocenters. The number of aliphatic carboxylic acids is 1. The van der Waals surface area contributed by atoms with Gasteiger partial charge in [-0.2, -0.15) is 0 Å². The predicted octanol–water partition coefficient (Wildman–Crippen LogP) is 2.74. The molecule has 1 aromatic rings. The van der Waals surface area contributed by atoms with Gasteiger partial charge in [-0.25, -0.2) is 0 Å². The first-order chi connectivity index (χ1) is 9.86. The third kappa shape index (κ3) is 4.70. The van der Waals surface area contributed by atoms with Crippen LogP contribution in [0.4, 0.5) is 5.69 Å². The summed E-state index contributed by atoms with van der Waals surface area (Å²) in [5.74, 6) is -1.85. The van der Waals surface area contributed by atoms with Crippen LogP contribution in [0.25, 0.3) is 0 Å². The fraction of sp³-hybridized carbons (Fsp3) is 0.438. The molecule has 5 heteroatoms. The second-order valence-electron chi connectivity index (χ2n) is 5.10. The number of hydrogen-bond acceptors (Lipinski definition) is 3. The lowest BCUT2D eigenvalue weighted by Crippen LogP contribution is -2.37. The van der Waals surface area contributed by atoms with Crippen molar-refractivity contribution in [2.45, 2.75) is 33.6 Å². The standard InChI is InChI=1S/C16H21NO4/c1-4-6-15(19)17(10-11(2)16(20)21)14-8-5-7-13(9-14)12(3)18/h5,7-9,11H,4,6,10H2,1-3H3,(H,20,21). The van der Waals surface area contributed by atoms with Crippen molar-refractivity contribution in [3.8, 4) is 0 Å². The third-order valence-electron chi connectivity index (χ3n) is 3.21. The van der Waals surface area contributed by atoms with Crippen LogP contribution in [0.15, 0.2) is 24.3 Å². The Kier molecular flexibility index (Phi) is 6.09. The van der Waals surface area contributed by atoms with Crippen LogP contribution in [0.5, 0.6) is 0 Å². The van der Waals surface area contributed by atoms with E-state index in [1.807, 2.05) is 6.92 Å². The fourth-order valence-corrected chi connectivity index (χ4v) is 1.94. The number of carboxylic acid groups (broad SMARTS) is 1. The number of amides is 1. The van der Waals surface area contributed by atoms with E-state index in [-0.39, 0.29) is 18.2 Å². The molecule has 114 valence electrons. The first-order valence-corrected chi connectivity index (χ1v) is 7.01. The van der Waals surface area contributed by atoms with Gasteiger partial charge in [0.05, 0.1) is 5.92 Å². The molecule has 0 spiro atoms. The van der Waals surface area contributed by atoms with E-state index < -0.39 is 11.9 Å². The van der Waals surface area contributed by atoms with Crippen LogP contribution in [-0.4, -0.2) is 29.3 Å². The molecule has 0 aliphatic carbocycles. The monoisotopic (exact) mass is 291 g/mol. The van der Waals surface area contributed by atoms with Crippen LogP contribution in [0.1, 0.15) is 44.0 Å². The molecule has 1 aromatic carbocycles. The Morgan fingerprint density at radius 1 is 1.29 bits per heavy atom. The molecule has 1 amide bonds. The average molecular weight is 291 g/mol. The van der Waals surface area contributed by atoms with Gasteiger partial charge in [0.15, 0.2) is 5.78 Å². The van der Waals surface area contributed by atoms with Crippen molar-refractivity contribution in [2.75, 3.05) is 11.4 Å². The van der Waals surface area contributed by atoms with E-state index in [0.717, 1.165) is 0 Å². The molecule has 0 aliphatic rings. The number of benzene rings is 1. The molecule has 0 aromatic heterocycles. The Morgan fingerprint density at radius 3 is 2.48 bits per heavy atom. The van der Waals surface area contributed by atoms with Gasteiger partial charge in [-0.15, -0.1) is 0 Å². The smallest absolute Gasteiger partial charge is 0.308 e. The molecule has 0 bridgehead atoms. The minimum Gasteiger partial charge on any atom is -0.481 e. The van der Waals surface area contributed by atoms with Crippen LogP contribution >= 0.6 is 0 Å². The van der Waals surface area contributed by atoms with Gasteiger partial charge in [0.1, 0.15) is 0 Å². The van der Waals surface area contributed by atoms with Crippen molar-refractivity contribution in [3.63, 3.8) is 0 Å². The Hall–Kier alpha value is -2.17. The van der Waals surface area contributed by atoms with E-state index >= 15 is 0 Å². The molecule has 0 saturated carbocycles. The largest absolute Gasteiger partial charge is 0.481 e. The van der Waals surface area contributed by atoms with Gasteiger partial charge in [-0.1, -0.05) is 26.0 Å². The summed E-state index contributed by atoms with van der Waals surface area (Å²) in [5.41, 5.74) is 1.07. The lowest BCUT2D eigenvalue weighted by Gasteiger charge is -2.25. The van der Waals surface area contributed by atoms with Gasteiger partial charge in [0.2, 0.25) is 5.91 Å². The second-order valence-corrected chi connectivity index (χ2v) is 5.10. The van der Waals surface area contributed by atoms with Crippen LogP contribution in [0.3, 0.4) is 0 Å². The predicted molar refractivity (Wildman–Crippen MR) is 80.5 cm³/mol. The quantitative estimate of drug-likeness (QED) is 0.784. The molecule has 0 heterocycles. The number of carbonyl (C=O) groups excluding carboxylic acids is 2. The highest BCUT2D eigenvalue weighted by Gasteiger charge is 2.21. The highest BCUT2D eigenvalue weighted by atomic mass is 16.4. The number of anilines is 1. The Morgan fingerprint density at radius 2 is 1.95 bits per heavy atom. The maximum Gasteiger partial charge on any atom is 0.308 e. The lowest BCUT2D eigenvalue weighted by atomic mass is 10.1. The molecule has 0 fully saturated rings. The molecular weight excluding hydrogens is 270 g/mol. The summed E-state index contributed by atoms with van der Waals surface area (Å²) in [7, 11) is 0. The zero-order valence-corrected chi connectivity index (χ0v) is 12.6. The van der Waals surface area contributed by atoms with Crippen molar-refractivity contribution >= 4 is 23.3 Å². The van der Waals surface area contributed by atoms with Crippen molar-refractivity contribution in [1.29, 1.82) is 0 Å². The number of carboxylic acids is 1. The summed E-state index contributed by atoms with van der Waals surface area (Å²) >= 11 is 0. The van der Waals surface area contributed by atoms with E-state index in [9.17, 15) is 14.4 Å². The van der Waals surface area contributed by atoms with Crippen LogP contribution in [0, 0.1) is 5.92 Å². The average Bonchev–Trinajstić information content (AvgIpc) is 2.44. The highest BCUT2D eigenvalue weighted by Crippen LogP contribution is 2.20. The Labute approximate surface area is 124 Å². The lowest BCUT2D eigenvalue weighted by molar-refractivity contribution is -0.140. The minimum atomic E-state index is -0.952. The summed E-state index contributed by atoms with van der Waals surface area (Å²) in [5, 5.41) is 9.04. The van der Waals surface area contributed by atoms with Gasteiger partial charge in [-0.05, 0) is 25.5 Å².